The molecule has 0 rings (SSSR count). The van der Waals surface area contributed by atoms with Gasteiger partial charge in [-0.05, 0) is 96.3 Å². The minimum absolute atomic E-state index is 0.0793. The van der Waals surface area contributed by atoms with Gasteiger partial charge in [0, 0.05) is 19.3 Å². The van der Waals surface area contributed by atoms with Crippen molar-refractivity contribution in [2.45, 2.75) is 303 Å². The molecule has 0 aromatic heterocycles. The van der Waals surface area contributed by atoms with Crippen LogP contribution in [0, 0.1) is 0 Å². The second kappa shape index (κ2) is 60.1. The smallest absolute Gasteiger partial charge is 0.306 e. The normalized spacial score (nSPS) is 12.7. The van der Waals surface area contributed by atoms with Gasteiger partial charge in [-0.1, -0.05) is 266 Å². The van der Waals surface area contributed by atoms with Crippen LogP contribution in [-0.4, -0.2) is 37.2 Å². The number of carbonyl (C=O) groups is 3. The molecular formula is C66H114O6. The van der Waals surface area contributed by atoms with E-state index in [0.717, 1.165) is 122 Å². The predicted octanol–water partition coefficient (Wildman–Crippen LogP) is 20.7. The van der Waals surface area contributed by atoms with Gasteiger partial charge in [0.2, 0.25) is 0 Å². The largest absolute Gasteiger partial charge is 0.462 e. The SMILES string of the molecule is CC/C=C\C/C=C\C/C=C\C/C=C\C/C=C\CCCCCCCCCCCCCCCCCCCC(=O)OCC(COC(=O)CCCCCCC)OC(=O)CCCCCCC/C=C\C/C=C\CCCCCC. The minimum Gasteiger partial charge on any atom is -0.462 e. The van der Waals surface area contributed by atoms with E-state index < -0.39 is 6.10 Å². The van der Waals surface area contributed by atoms with Gasteiger partial charge in [-0.3, -0.25) is 14.4 Å². The molecule has 0 saturated carbocycles. The molecule has 0 radical (unpaired) electrons. The van der Waals surface area contributed by atoms with E-state index in [2.05, 4.69) is 106 Å². The summed E-state index contributed by atoms with van der Waals surface area (Å²) in [5, 5.41) is 0. The third-order valence-corrected chi connectivity index (χ3v) is 13.1. The Morgan fingerprint density at radius 3 is 0.861 bits per heavy atom. The first kappa shape index (κ1) is 68.6. The molecule has 0 spiro atoms. The molecule has 0 aliphatic heterocycles. The molecule has 414 valence electrons. The summed E-state index contributed by atoms with van der Waals surface area (Å²) in [6, 6.07) is 0. The highest BCUT2D eigenvalue weighted by molar-refractivity contribution is 5.71. The average Bonchev–Trinajstić information content (AvgIpc) is 3.38. The summed E-state index contributed by atoms with van der Waals surface area (Å²) in [5.74, 6) is -0.899. The fraction of sp³-hybridized carbons (Fsp3) is 0.742. The van der Waals surface area contributed by atoms with Gasteiger partial charge in [0.15, 0.2) is 6.10 Å². The maximum absolute atomic E-state index is 12.8. The van der Waals surface area contributed by atoms with Gasteiger partial charge in [0.1, 0.15) is 13.2 Å². The zero-order valence-corrected chi connectivity index (χ0v) is 47.4. The average molecular weight is 1000 g/mol. The molecule has 0 N–H and O–H groups in total. The highest BCUT2D eigenvalue weighted by Gasteiger charge is 2.19. The van der Waals surface area contributed by atoms with Crippen LogP contribution in [0.5, 0.6) is 0 Å². The van der Waals surface area contributed by atoms with Gasteiger partial charge in [-0.25, -0.2) is 0 Å². The molecule has 0 aromatic carbocycles. The van der Waals surface area contributed by atoms with Crippen LogP contribution in [0.15, 0.2) is 85.1 Å². The van der Waals surface area contributed by atoms with E-state index >= 15 is 0 Å². The van der Waals surface area contributed by atoms with Gasteiger partial charge in [-0.15, -0.1) is 0 Å². The zero-order valence-electron chi connectivity index (χ0n) is 47.4. The lowest BCUT2D eigenvalue weighted by molar-refractivity contribution is -0.167. The van der Waals surface area contributed by atoms with E-state index in [1.54, 1.807) is 0 Å². The Morgan fingerprint density at radius 2 is 0.542 bits per heavy atom. The van der Waals surface area contributed by atoms with Crippen molar-refractivity contribution < 1.29 is 28.6 Å². The molecule has 0 amide bonds. The van der Waals surface area contributed by atoms with Crippen molar-refractivity contribution in [2.75, 3.05) is 13.2 Å². The molecular weight excluding hydrogens is 889 g/mol. The third-order valence-electron chi connectivity index (χ3n) is 13.1. The second-order valence-electron chi connectivity index (χ2n) is 20.2. The molecule has 0 saturated heterocycles. The number of unbranched alkanes of at least 4 members (excludes halogenated alkanes) is 30. The Hall–Kier alpha value is -3.41. The Balaban J connectivity index is 3.96. The molecule has 0 fully saturated rings. The quantitative estimate of drug-likeness (QED) is 0.0261. The summed E-state index contributed by atoms with van der Waals surface area (Å²) < 4.78 is 16.7. The van der Waals surface area contributed by atoms with Crippen LogP contribution in [-0.2, 0) is 28.6 Å². The van der Waals surface area contributed by atoms with Gasteiger partial charge in [-0.2, -0.15) is 0 Å². The Bertz CT molecular complexity index is 1380. The van der Waals surface area contributed by atoms with E-state index in [4.69, 9.17) is 14.2 Å². The highest BCUT2D eigenvalue weighted by Crippen LogP contribution is 2.16. The van der Waals surface area contributed by atoms with Crippen molar-refractivity contribution in [3.8, 4) is 0 Å². The summed E-state index contributed by atoms with van der Waals surface area (Å²) in [5.41, 5.74) is 0. The van der Waals surface area contributed by atoms with Crippen molar-refractivity contribution in [1.82, 2.24) is 0 Å². The first-order valence-corrected chi connectivity index (χ1v) is 30.6. The summed E-state index contributed by atoms with van der Waals surface area (Å²) in [6.07, 6.45) is 79.3. The first-order valence-electron chi connectivity index (χ1n) is 30.6. The zero-order chi connectivity index (χ0) is 52.2. The van der Waals surface area contributed by atoms with Gasteiger partial charge >= 0.3 is 17.9 Å². The van der Waals surface area contributed by atoms with E-state index in [0.29, 0.717) is 19.3 Å². The summed E-state index contributed by atoms with van der Waals surface area (Å²) >= 11 is 0. The van der Waals surface area contributed by atoms with Crippen molar-refractivity contribution >= 4 is 17.9 Å². The molecule has 0 aromatic rings. The number of ether oxygens (including phenoxy) is 3. The summed E-state index contributed by atoms with van der Waals surface area (Å²) in [7, 11) is 0. The standard InChI is InChI=1S/C66H114O6/c1-4-7-10-13-15-17-19-21-23-25-26-27-28-29-30-31-32-33-34-35-36-37-38-39-40-41-43-44-46-48-50-53-56-59-65(68)71-62-63(61-70-64(67)58-55-52-12-9-6-3)72-66(69)60-57-54-51-49-47-45-42-24-22-20-18-16-14-11-8-5-2/h7,10,15,17-18,20-21,23-24,26-27,29-30,42,63H,4-6,8-9,11-14,16,19,22,25,28,31-41,43-62H2,1-3H3/b10-7-,17-15-,20-18-,23-21-,27-26-,30-29-,42-24-. The maximum atomic E-state index is 12.8. The number of hydrogen-bond acceptors (Lipinski definition) is 6. The number of hydrogen-bond donors (Lipinski definition) is 0. The topological polar surface area (TPSA) is 78.9 Å². The number of carbonyl (C=O) groups excluding carboxylic acids is 3. The van der Waals surface area contributed by atoms with Crippen LogP contribution in [0.2, 0.25) is 0 Å². The van der Waals surface area contributed by atoms with E-state index in [9.17, 15) is 14.4 Å². The maximum Gasteiger partial charge on any atom is 0.306 e. The van der Waals surface area contributed by atoms with Crippen LogP contribution < -0.4 is 0 Å². The van der Waals surface area contributed by atoms with E-state index in [-0.39, 0.29) is 31.1 Å². The molecule has 0 bridgehead atoms. The number of esters is 3. The second-order valence-corrected chi connectivity index (χ2v) is 20.2. The molecule has 72 heavy (non-hydrogen) atoms. The number of allylic oxidation sites excluding steroid dienone is 14. The highest BCUT2D eigenvalue weighted by atomic mass is 16.6. The fourth-order valence-corrected chi connectivity index (χ4v) is 8.56. The van der Waals surface area contributed by atoms with Gasteiger partial charge in [0.25, 0.3) is 0 Å². The Morgan fingerprint density at radius 1 is 0.292 bits per heavy atom. The van der Waals surface area contributed by atoms with Crippen molar-refractivity contribution in [3.63, 3.8) is 0 Å². The molecule has 0 aliphatic carbocycles. The van der Waals surface area contributed by atoms with Crippen molar-refractivity contribution in [1.29, 1.82) is 0 Å². The lowest BCUT2D eigenvalue weighted by Crippen LogP contribution is -2.30. The lowest BCUT2D eigenvalue weighted by Gasteiger charge is -2.18. The van der Waals surface area contributed by atoms with E-state index in [1.165, 1.54) is 135 Å². The Labute approximate surface area is 445 Å². The monoisotopic (exact) mass is 1000 g/mol. The Kier molecular flexibility index (Phi) is 57.3. The van der Waals surface area contributed by atoms with Crippen molar-refractivity contribution in [3.05, 3.63) is 85.1 Å². The van der Waals surface area contributed by atoms with Crippen molar-refractivity contribution in [2.24, 2.45) is 0 Å². The number of rotatable bonds is 55. The minimum atomic E-state index is -0.778. The summed E-state index contributed by atoms with van der Waals surface area (Å²) in [4.78, 5) is 37.8. The van der Waals surface area contributed by atoms with Crippen LogP contribution in [0.1, 0.15) is 297 Å². The molecule has 0 aliphatic rings. The van der Waals surface area contributed by atoms with Gasteiger partial charge in [0.05, 0.1) is 0 Å². The van der Waals surface area contributed by atoms with Crippen LogP contribution in [0.3, 0.4) is 0 Å². The van der Waals surface area contributed by atoms with Crippen LogP contribution in [0.25, 0.3) is 0 Å². The van der Waals surface area contributed by atoms with Crippen LogP contribution >= 0.6 is 0 Å². The van der Waals surface area contributed by atoms with E-state index in [1.807, 2.05) is 0 Å². The molecule has 6 heteroatoms. The molecule has 6 nitrogen and oxygen atoms in total. The predicted molar refractivity (Wildman–Crippen MR) is 311 cm³/mol. The van der Waals surface area contributed by atoms with Crippen LogP contribution in [0.4, 0.5) is 0 Å². The third kappa shape index (κ3) is 57.5. The molecule has 1 atom stereocenters. The molecule has 0 heterocycles. The first-order chi connectivity index (χ1) is 35.5. The lowest BCUT2D eigenvalue weighted by atomic mass is 10.0. The fourth-order valence-electron chi connectivity index (χ4n) is 8.56. The van der Waals surface area contributed by atoms with Gasteiger partial charge < -0.3 is 14.2 Å². The molecule has 1 unspecified atom stereocenters. The summed E-state index contributed by atoms with van der Waals surface area (Å²) in [6.45, 7) is 6.43.